The van der Waals surface area contributed by atoms with Crippen molar-refractivity contribution in [1.82, 2.24) is 4.72 Å². The van der Waals surface area contributed by atoms with Crippen LogP contribution in [0.1, 0.15) is 25.7 Å². The van der Waals surface area contributed by atoms with Gasteiger partial charge in [0.05, 0.1) is 0 Å². The molecule has 19 heavy (non-hydrogen) atoms. The van der Waals surface area contributed by atoms with Gasteiger partial charge in [-0.2, -0.15) is 11.8 Å². The average Bonchev–Trinajstić information content (AvgIpc) is 2.86. The van der Waals surface area contributed by atoms with E-state index >= 15 is 0 Å². The third-order valence-corrected chi connectivity index (χ3v) is 6.51. The predicted molar refractivity (Wildman–Crippen MR) is 76.3 cm³/mol. The Morgan fingerprint density at radius 2 is 1.95 bits per heavy atom. The summed E-state index contributed by atoms with van der Waals surface area (Å²) in [6.45, 7) is 0.366. The third-order valence-electron chi connectivity index (χ3n) is 3.66. The summed E-state index contributed by atoms with van der Waals surface area (Å²) < 4.78 is 40.3. The molecular weight excluding hydrogens is 285 g/mol. The normalized spacial score (nSPS) is 18.6. The van der Waals surface area contributed by atoms with E-state index in [1.807, 2.05) is 6.26 Å². The van der Waals surface area contributed by atoms with Crippen LogP contribution in [0, 0.1) is 5.82 Å². The van der Waals surface area contributed by atoms with Crippen LogP contribution < -0.4 is 4.72 Å². The van der Waals surface area contributed by atoms with Crippen LogP contribution in [0.3, 0.4) is 0 Å². The Bertz CT molecular complexity index is 539. The molecule has 1 saturated carbocycles. The topological polar surface area (TPSA) is 46.2 Å². The van der Waals surface area contributed by atoms with Crippen molar-refractivity contribution in [2.24, 2.45) is 0 Å². The maximum atomic E-state index is 13.5. The Labute approximate surface area is 118 Å². The van der Waals surface area contributed by atoms with Crippen LogP contribution in [0.4, 0.5) is 4.39 Å². The van der Waals surface area contributed by atoms with Crippen LogP contribution >= 0.6 is 11.8 Å². The first kappa shape index (κ1) is 14.8. The summed E-state index contributed by atoms with van der Waals surface area (Å²) in [5, 5.41) is 0. The summed E-state index contributed by atoms with van der Waals surface area (Å²) in [4.78, 5) is -0.274. The second-order valence-electron chi connectivity index (χ2n) is 4.85. The molecule has 0 spiro atoms. The molecule has 1 N–H and O–H groups in total. The molecule has 0 saturated heterocycles. The van der Waals surface area contributed by atoms with Crippen LogP contribution in [0.15, 0.2) is 29.2 Å². The van der Waals surface area contributed by atoms with Crippen molar-refractivity contribution in [3.63, 3.8) is 0 Å². The number of thioether (sulfide) groups is 1. The fourth-order valence-electron chi connectivity index (χ4n) is 2.44. The van der Waals surface area contributed by atoms with E-state index < -0.39 is 15.8 Å². The molecule has 1 aliphatic rings. The summed E-state index contributed by atoms with van der Waals surface area (Å²) in [5.41, 5.74) is 0. The van der Waals surface area contributed by atoms with Gasteiger partial charge in [-0.15, -0.1) is 0 Å². The lowest BCUT2D eigenvalue weighted by Gasteiger charge is -2.26. The molecule has 0 radical (unpaired) electrons. The minimum atomic E-state index is -3.76. The molecule has 0 heterocycles. The molecule has 3 nitrogen and oxygen atoms in total. The lowest BCUT2D eigenvalue weighted by Crippen LogP contribution is -2.38. The first-order valence-corrected chi connectivity index (χ1v) is 8.99. The molecule has 1 aliphatic carbocycles. The van der Waals surface area contributed by atoms with E-state index in [-0.39, 0.29) is 9.64 Å². The van der Waals surface area contributed by atoms with E-state index in [4.69, 9.17) is 0 Å². The Kier molecular flexibility index (Phi) is 4.53. The summed E-state index contributed by atoms with van der Waals surface area (Å²) in [6, 6.07) is 5.46. The zero-order valence-corrected chi connectivity index (χ0v) is 12.5. The number of hydrogen-bond donors (Lipinski definition) is 1. The van der Waals surface area contributed by atoms with Gasteiger partial charge in [0.25, 0.3) is 0 Å². The van der Waals surface area contributed by atoms with Gasteiger partial charge < -0.3 is 0 Å². The fraction of sp³-hybridized carbons (Fsp3) is 0.538. The minimum absolute atomic E-state index is 0.0294. The van der Waals surface area contributed by atoms with Gasteiger partial charge in [-0.3, -0.25) is 0 Å². The van der Waals surface area contributed by atoms with Crippen molar-refractivity contribution in [1.29, 1.82) is 0 Å². The standard InChI is InChI=1S/C13H18FNO2S2/c1-18-13(8-4-5-9-13)10-15-19(16,17)12-7-3-2-6-11(12)14/h2-3,6-7,15H,4-5,8-10H2,1H3. The van der Waals surface area contributed by atoms with Crippen molar-refractivity contribution in [2.45, 2.75) is 35.3 Å². The second-order valence-corrected chi connectivity index (χ2v) is 7.86. The van der Waals surface area contributed by atoms with E-state index in [9.17, 15) is 12.8 Å². The van der Waals surface area contributed by atoms with Gasteiger partial charge in [-0.05, 0) is 31.2 Å². The molecule has 0 unspecified atom stereocenters. The van der Waals surface area contributed by atoms with E-state index in [2.05, 4.69) is 4.72 Å². The second kappa shape index (κ2) is 5.81. The number of benzene rings is 1. The minimum Gasteiger partial charge on any atom is -0.210 e. The Morgan fingerprint density at radius 3 is 2.53 bits per heavy atom. The van der Waals surface area contributed by atoms with E-state index in [1.165, 1.54) is 18.2 Å². The highest BCUT2D eigenvalue weighted by atomic mass is 32.2. The smallest absolute Gasteiger partial charge is 0.210 e. The Hall–Kier alpha value is -0.590. The lowest BCUT2D eigenvalue weighted by molar-refractivity contribution is 0.538. The van der Waals surface area contributed by atoms with Crippen LogP contribution in [0.2, 0.25) is 0 Å². The van der Waals surface area contributed by atoms with Gasteiger partial charge in [-0.1, -0.05) is 25.0 Å². The number of rotatable bonds is 5. The molecular formula is C13H18FNO2S2. The number of hydrogen-bond acceptors (Lipinski definition) is 3. The predicted octanol–water partition coefficient (Wildman–Crippen LogP) is 2.78. The molecule has 0 aliphatic heterocycles. The molecule has 0 bridgehead atoms. The number of nitrogens with one attached hydrogen (secondary N) is 1. The molecule has 106 valence electrons. The number of halogens is 1. The Morgan fingerprint density at radius 1 is 1.32 bits per heavy atom. The van der Waals surface area contributed by atoms with E-state index in [1.54, 1.807) is 11.8 Å². The highest BCUT2D eigenvalue weighted by Gasteiger charge is 2.34. The maximum absolute atomic E-state index is 13.5. The van der Waals surface area contributed by atoms with Gasteiger partial charge in [-0.25, -0.2) is 17.5 Å². The van der Waals surface area contributed by atoms with Crippen LogP contribution in [0.5, 0.6) is 0 Å². The first-order chi connectivity index (χ1) is 8.99. The molecule has 6 heteroatoms. The summed E-state index contributed by atoms with van der Waals surface area (Å²) in [6.07, 6.45) is 6.27. The zero-order chi connectivity index (χ0) is 13.9. The van der Waals surface area contributed by atoms with E-state index in [0.717, 1.165) is 31.7 Å². The van der Waals surface area contributed by atoms with Gasteiger partial charge in [0, 0.05) is 11.3 Å². The van der Waals surface area contributed by atoms with Crippen molar-refractivity contribution < 1.29 is 12.8 Å². The van der Waals surface area contributed by atoms with Gasteiger partial charge in [0.2, 0.25) is 10.0 Å². The monoisotopic (exact) mass is 303 g/mol. The van der Waals surface area contributed by atoms with Crippen molar-refractivity contribution in [2.75, 3.05) is 12.8 Å². The highest BCUT2D eigenvalue weighted by Crippen LogP contribution is 2.39. The third kappa shape index (κ3) is 3.30. The molecule has 1 aromatic rings. The molecule has 1 aromatic carbocycles. The largest absolute Gasteiger partial charge is 0.243 e. The SMILES string of the molecule is CSC1(CNS(=O)(=O)c2ccccc2F)CCCC1. The van der Waals surface area contributed by atoms with E-state index in [0.29, 0.717) is 6.54 Å². The molecule has 0 atom stereocenters. The summed E-state index contributed by atoms with van der Waals surface area (Å²) >= 11 is 1.70. The Balaban J connectivity index is 2.12. The first-order valence-electron chi connectivity index (χ1n) is 6.28. The molecule has 0 aromatic heterocycles. The van der Waals surface area contributed by atoms with Gasteiger partial charge >= 0.3 is 0 Å². The molecule has 2 rings (SSSR count). The fourth-order valence-corrected chi connectivity index (χ4v) is 4.65. The van der Waals surface area contributed by atoms with Crippen molar-refractivity contribution >= 4 is 21.8 Å². The maximum Gasteiger partial charge on any atom is 0.243 e. The average molecular weight is 303 g/mol. The quantitative estimate of drug-likeness (QED) is 0.910. The van der Waals surface area contributed by atoms with Crippen molar-refractivity contribution in [3.05, 3.63) is 30.1 Å². The van der Waals surface area contributed by atoms with Crippen LogP contribution in [-0.2, 0) is 10.0 Å². The molecule has 0 amide bonds. The van der Waals surface area contributed by atoms with Gasteiger partial charge in [0.1, 0.15) is 10.7 Å². The van der Waals surface area contributed by atoms with Crippen LogP contribution in [-0.4, -0.2) is 26.0 Å². The zero-order valence-electron chi connectivity index (χ0n) is 10.9. The van der Waals surface area contributed by atoms with Gasteiger partial charge in [0.15, 0.2) is 0 Å². The lowest BCUT2D eigenvalue weighted by atomic mass is 10.1. The molecule has 1 fully saturated rings. The van der Waals surface area contributed by atoms with Crippen LogP contribution in [0.25, 0.3) is 0 Å². The number of sulfonamides is 1. The summed E-state index contributed by atoms with van der Waals surface area (Å²) in [5.74, 6) is -0.709. The summed E-state index contributed by atoms with van der Waals surface area (Å²) in [7, 11) is -3.76. The highest BCUT2D eigenvalue weighted by molar-refractivity contribution is 8.00. The van der Waals surface area contributed by atoms with Crippen molar-refractivity contribution in [3.8, 4) is 0 Å².